The van der Waals surface area contributed by atoms with Gasteiger partial charge in [0.2, 0.25) is 0 Å². The number of hydrogen-bond acceptors (Lipinski definition) is 4. The van der Waals surface area contributed by atoms with E-state index in [0.29, 0.717) is 25.1 Å². The first kappa shape index (κ1) is 18.7. The van der Waals surface area contributed by atoms with Crippen molar-refractivity contribution < 1.29 is 13.9 Å². The maximum atomic E-state index is 13.6. The number of anilines is 1. The molecule has 0 saturated carbocycles. The molecular formula is C21H22FN3O2. The van der Waals surface area contributed by atoms with Gasteiger partial charge in [0.15, 0.2) is 0 Å². The van der Waals surface area contributed by atoms with Gasteiger partial charge in [0.1, 0.15) is 18.1 Å². The van der Waals surface area contributed by atoms with Gasteiger partial charge in [0, 0.05) is 18.7 Å². The van der Waals surface area contributed by atoms with E-state index in [1.807, 2.05) is 37.3 Å². The van der Waals surface area contributed by atoms with Crippen molar-refractivity contribution in [1.29, 1.82) is 5.26 Å². The fourth-order valence-corrected chi connectivity index (χ4v) is 3.42. The number of halogens is 1. The lowest BCUT2D eigenvalue weighted by Gasteiger charge is -2.46. The van der Waals surface area contributed by atoms with E-state index in [-0.39, 0.29) is 18.3 Å². The quantitative estimate of drug-likeness (QED) is 0.862. The largest absolute Gasteiger partial charge is 0.444 e. The topological polar surface area (TPSA) is 65.4 Å². The molecule has 27 heavy (non-hydrogen) atoms. The molecule has 0 aromatic heterocycles. The van der Waals surface area contributed by atoms with Crippen LogP contribution >= 0.6 is 0 Å². The molecule has 3 rings (SSSR count). The van der Waals surface area contributed by atoms with Crippen LogP contribution < -0.4 is 5.32 Å². The van der Waals surface area contributed by atoms with Gasteiger partial charge in [-0.25, -0.2) is 9.18 Å². The highest BCUT2D eigenvalue weighted by Crippen LogP contribution is 2.33. The second-order valence-electron chi connectivity index (χ2n) is 6.92. The third-order valence-electron chi connectivity index (χ3n) is 4.79. The van der Waals surface area contributed by atoms with Crippen LogP contribution in [0.3, 0.4) is 0 Å². The smallest absolute Gasteiger partial charge is 0.411 e. The van der Waals surface area contributed by atoms with Crippen LogP contribution in [0.2, 0.25) is 0 Å². The SMILES string of the molecule is C[C@@]1(Nc2cccc(F)c2)C[C@H](C#N)CCN1C(=O)OCc1ccccc1. The molecule has 1 N–H and O–H groups in total. The second-order valence-corrected chi connectivity index (χ2v) is 6.92. The first-order valence-corrected chi connectivity index (χ1v) is 8.92. The molecule has 140 valence electrons. The van der Waals surface area contributed by atoms with Crippen LogP contribution in [0.5, 0.6) is 0 Å². The molecule has 1 saturated heterocycles. The summed E-state index contributed by atoms with van der Waals surface area (Å²) in [6.45, 7) is 2.41. The number of carbonyl (C=O) groups is 1. The summed E-state index contributed by atoms with van der Waals surface area (Å²) in [6, 6.07) is 17.8. The highest BCUT2D eigenvalue weighted by molar-refractivity contribution is 5.70. The van der Waals surface area contributed by atoms with Crippen LogP contribution in [-0.4, -0.2) is 23.2 Å². The minimum absolute atomic E-state index is 0.175. The van der Waals surface area contributed by atoms with Gasteiger partial charge in [0.05, 0.1) is 12.0 Å². The third kappa shape index (κ3) is 4.56. The normalized spacial score (nSPS) is 22.0. The van der Waals surface area contributed by atoms with Gasteiger partial charge in [-0.15, -0.1) is 0 Å². The lowest BCUT2D eigenvalue weighted by Crippen LogP contribution is -2.59. The summed E-state index contributed by atoms with van der Waals surface area (Å²) >= 11 is 0. The average Bonchev–Trinajstić information content (AvgIpc) is 2.66. The number of nitrogens with zero attached hydrogens (tertiary/aromatic N) is 2. The van der Waals surface area contributed by atoms with E-state index in [4.69, 9.17) is 4.74 Å². The Bertz CT molecular complexity index is 837. The highest BCUT2D eigenvalue weighted by atomic mass is 19.1. The fourth-order valence-electron chi connectivity index (χ4n) is 3.42. The number of nitrogens with one attached hydrogen (secondary N) is 1. The van der Waals surface area contributed by atoms with Crippen molar-refractivity contribution in [2.45, 2.75) is 32.0 Å². The van der Waals surface area contributed by atoms with E-state index in [1.165, 1.54) is 12.1 Å². The van der Waals surface area contributed by atoms with E-state index in [9.17, 15) is 14.4 Å². The summed E-state index contributed by atoms with van der Waals surface area (Å²) in [7, 11) is 0. The summed E-state index contributed by atoms with van der Waals surface area (Å²) in [4.78, 5) is 14.3. The van der Waals surface area contributed by atoms with Crippen LogP contribution in [-0.2, 0) is 11.3 Å². The highest BCUT2D eigenvalue weighted by Gasteiger charge is 2.42. The summed E-state index contributed by atoms with van der Waals surface area (Å²) < 4.78 is 19.0. The van der Waals surface area contributed by atoms with Crippen LogP contribution in [0.25, 0.3) is 0 Å². The number of hydrogen-bond donors (Lipinski definition) is 1. The van der Waals surface area contributed by atoms with Crippen molar-refractivity contribution in [3.63, 3.8) is 0 Å². The van der Waals surface area contributed by atoms with Gasteiger partial charge in [-0.2, -0.15) is 5.26 Å². The molecular weight excluding hydrogens is 345 g/mol. The molecule has 6 heteroatoms. The Labute approximate surface area is 158 Å². The Morgan fingerprint density at radius 2 is 2.11 bits per heavy atom. The number of nitriles is 1. The van der Waals surface area contributed by atoms with Crippen molar-refractivity contribution in [1.82, 2.24) is 4.90 Å². The lowest BCUT2D eigenvalue weighted by atomic mass is 9.88. The first-order valence-electron chi connectivity index (χ1n) is 8.92. The maximum absolute atomic E-state index is 13.6. The molecule has 2 atom stereocenters. The monoisotopic (exact) mass is 367 g/mol. The van der Waals surface area contributed by atoms with Gasteiger partial charge < -0.3 is 10.1 Å². The van der Waals surface area contributed by atoms with Crippen molar-refractivity contribution in [3.05, 3.63) is 66.0 Å². The Balaban J connectivity index is 1.76. The van der Waals surface area contributed by atoms with Crippen molar-refractivity contribution >= 4 is 11.8 Å². The molecule has 0 bridgehead atoms. The van der Waals surface area contributed by atoms with Gasteiger partial charge in [0.25, 0.3) is 0 Å². The predicted octanol–water partition coefficient (Wildman–Crippen LogP) is 4.53. The summed E-state index contributed by atoms with van der Waals surface area (Å²) in [5.74, 6) is -0.552. The number of rotatable bonds is 4. The van der Waals surface area contributed by atoms with Crippen LogP contribution in [0.4, 0.5) is 14.9 Å². The average molecular weight is 367 g/mol. The number of piperidine rings is 1. The van der Waals surface area contributed by atoms with Crippen LogP contribution in [0.1, 0.15) is 25.3 Å². The van der Waals surface area contributed by atoms with E-state index < -0.39 is 11.8 Å². The van der Waals surface area contributed by atoms with Gasteiger partial charge in [-0.05, 0) is 37.1 Å². The third-order valence-corrected chi connectivity index (χ3v) is 4.79. The zero-order chi connectivity index (χ0) is 19.3. The molecule has 0 unspecified atom stereocenters. The Morgan fingerprint density at radius 3 is 2.81 bits per heavy atom. The lowest BCUT2D eigenvalue weighted by molar-refractivity contribution is 0.0351. The molecule has 0 spiro atoms. The predicted molar refractivity (Wildman–Crippen MR) is 100 cm³/mol. The van der Waals surface area contributed by atoms with Crippen molar-refractivity contribution in [2.75, 3.05) is 11.9 Å². The molecule has 5 nitrogen and oxygen atoms in total. The first-order chi connectivity index (χ1) is 13.0. The number of likely N-dealkylation sites (tertiary alicyclic amines) is 1. The van der Waals surface area contributed by atoms with Gasteiger partial charge >= 0.3 is 6.09 Å². The number of carbonyl (C=O) groups excluding carboxylic acids is 1. The molecule has 0 radical (unpaired) electrons. The molecule has 1 aliphatic heterocycles. The number of benzene rings is 2. The van der Waals surface area contributed by atoms with Crippen LogP contribution in [0, 0.1) is 23.1 Å². The number of ether oxygens (including phenoxy) is 1. The molecule has 1 amide bonds. The molecule has 0 aliphatic carbocycles. The van der Waals surface area contributed by atoms with E-state index >= 15 is 0 Å². The molecule has 1 fully saturated rings. The zero-order valence-corrected chi connectivity index (χ0v) is 15.2. The minimum atomic E-state index is -0.847. The minimum Gasteiger partial charge on any atom is -0.444 e. The standard InChI is InChI=1S/C21H22FN3O2/c1-21(24-19-9-5-8-18(22)12-19)13-17(14-23)10-11-25(21)20(26)27-15-16-6-3-2-4-7-16/h2-9,12,17,24H,10-11,13,15H2,1H3/t17-,21+/m1/s1. The van der Waals surface area contributed by atoms with E-state index in [0.717, 1.165) is 5.56 Å². The van der Waals surface area contributed by atoms with E-state index in [1.54, 1.807) is 17.0 Å². The molecule has 2 aromatic carbocycles. The van der Waals surface area contributed by atoms with Gasteiger partial charge in [-0.3, -0.25) is 4.90 Å². The van der Waals surface area contributed by atoms with Crippen molar-refractivity contribution in [2.24, 2.45) is 5.92 Å². The van der Waals surface area contributed by atoms with Crippen molar-refractivity contribution in [3.8, 4) is 6.07 Å². The summed E-state index contributed by atoms with van der Waals surface area (Å²) in [5, 5.41) is 12.6. The summed E-state index contributed by atoms with van der Waals surface area (Å²) in [6.07, 6.45) is 0.555. The Hall–Kier alpha value is -3.07. The van der Waals surface area contributed by atoms with Crippen LogP contribution in [0.15, 0.2) is 54.6 Å². The second kappa shape index (κ2) is 8.09. The van der Waals surface area contributed by atoms with Gasteiger partial charge in [-0.1, -0.05) is 36.4 Å². The number of amides is 1. The molecule has 1 aliphatic rings. The molecule has 2 aromatic rings. The Kier molecular flexibility index (Phi) is 5.60. The van der Waals surface area contributed by atoms with E-state index in [2.05, 4.69) is 11.4 Å². The zero-order valence-electron chi connectivity index (χ0n) is 15.2. The summed E-state index contributed by atoms with van der Waals surface area (Å²) in [5.41, 5.74) is 0.606. The fraction of sp³-hybridized carbons (Fsp3) is 0.333. The molecule has 1 heterocycles. The maximum Gasteiger partial charge on any atom is 0.411 e. The Morgan fingerprint density at radius 1 is 1.33 bits per heavy atom.